The molecule has 0 aromatic carbocycles. The normalized spacial score (nSPS) is 8.88. The molecule has 0 heterocycles. The van der Waals surface area contributed by atoms with E-state index in [1.807, 2.05) is 0 Å². The number of halogens is 1. The highest BCUT2D eigenvalue weighted by atomic mass is 127. The lowest BCUT2D eigenvalue weighted by atomic mass is 10.6. The van der Waals surface area contributed by atoms with Crippen molar-refractivity contribution < 1.29 is 7.86 Å². The molecule has 0 rings (SSSR count). The van der Waals surface area contributed by atoms with Gasteiger partial charge >= 0.3 is 0 Å². The van der Waals surface area contributed by atoms with E-state index in [0.29, 0.717) is 0 Å². The first-order valence-electron chi connectivity index (χ1n) is 2.12. The van der Waals surface area contributed by atoms with E-state index in [4.69, 9.17) is 0 Å². The number of rotatable bonds is 2. The van der Waals surface area contributed by atoms with Crippen LogP contribution in [0.25, 0.3) is 0 Å². The third-order valence-corrected chi connectivity index (χ3v) is 0.988. The average molecular weight is 229 g/mol. The van der Waals surface area contributed by atoms with Crippen LogP contribution in [0.1, 0.15) is 0 Å². The monoisotopic (exact) mass is 229 g/mol. The predicted octanol–water partition coefficient (Wildman–Crippen LogP) is 0.441. The molecule has 0 aromatic rings. The quantitative estimate of drug-likeness (QED) is 0.643. The number of carbonyl (C=O) groups is 1. The molecule has 0 bridgehead atoms. The zero-order valence-corrected chi connectivity index (χ0v) is 7.01. The Morgan fingerprint density at radius 1 is 1.75 bits per heavy atom. The van der Waals surface area contributed by atoms with Gasteiger partial charge in [0.1, 0.15) is 29.6 Å². The topological polar surface area (TPSA) is 29.5 Å². The highest BCUT2D eigenvalue weighted by Crippen LogP contribution is 1.86. The maximum atomic E-state index is 10.5. The number of likely N-dealkylation sites (N-methyl/N-ethyl adjacent to an activating group) is 1. The van der Waals surface area contributed by atoms with Gasteiger partial charge in [0.2, 0.25) is 5.91 Å². The fourth-order valence-electron chi connectivity index (χ4n) is 0.176. The lowest BCUT2D eigenvalue weighted by Gasteiger charge is -2.06. The Labute approximate surface area is 62.7 Å². The third-order valence-electron chi connectivity index (χ3n) is 0.677. The first kappa shape index (κ1) is 8.16. The molecule has 0 unspecified atom stereocenters. The van der Waals surface area contributed by atoms with Gasteiger partial charge < -0.3 is 7.97 Å². The van der Waals surface area contributed by atoms with Crippen LogP contribution in [-0.2, 0) is 7.86 Å². The molecule has 0 N–H and O–H groups in total. The Morgan fingerprint density at radius 3 is 2.38 bits per heavy atom. The van der Waals surface area contributed by atoms with E-state index in [0.717, 1.165) is 0 Å². The van der Waals surface area contributed by atoms with Crippen molar-refractivity contribution in [2.75, 3.05) is 20.7 Å². The van der Waals surface area contributed by atoms with E-state index in [-0.39, 0.29) is 12.5 Å². The largest absolute Gasteiger partial charge is 0.347 e. The summed E-state index contributed by atoms with van der Waals surface area (Å²) in [6, 6.07) is 0. The Bertz CT molecular complexity index is 84.1. The van der Waals surface area contributed by atoms with Crippen molar-refractivity contribution >= 4 is 28.9 Å². The third kappa shape index (κ3) is 3.20. The molecule has 0 aliphatic carbocycles. The number of amides is 1. The molecule has 0 fully saturated rings. The van der Waals surface area contributed by atoms with Crippen LogP contribution < -0.4 is 0 Å². The Kier molecular flexibility index (Phi) is 4.16. The van der Waals surface area contributed by atoms with E-state index in [1.165, 1.54) is 4.90 Å². The van der Waals surface area contributed by atoms with Gasteiger partial charge in [0, 0.05) is 14.1 Å². The van der Waals surface area contributed by atoms with Crippen molar-refractivity contribution in [3.63, 3.8) is 0 Å². The van der Waals surface area contributed by atoms with Crippen molar-refractivity contribution in [1.82, 2.24) is 4.90 Å². The molecular formula is C4H8INO2. The van der Waals surface area contributed by atoms with E-state index in [2.05, 4.69) is 3.07 Å². The van der Waals surface area contributed by atoms with Crippen molar-refractivity contribution in [3.8, 4) is 0 Å². The Balaban J connectivity index is 3.33. The summed E-state index contributed by atoms with van der Waals surface area (Å²) in [6.45, 7) is 0.160. The second kappa shape index (κ2) is 4.08. The lowest BCUT2D eigenvalue weighted by molar-refractivity contribution is -0.130. The second-order valence-corrected chi connectivity index (χ2v) is 2.16. The summed E-state index contributed by atoms with van der Waals surface area (Å²) in [6.07, 6.45) is 0. The summed E-state index contributed by atoms with van der Waals surface area (Å²) in [5, 5.41) is 0. The smallest absolute Gasteiger partial charge is 0.249 e. The zero-order chi connectivity index (χ0) is 6.57. The van der Waals surface area contributed by atoms with Crippen LogP contribution >= 0.6 is 23.0 Å². The SMILES string of the molecule is CN(C)C(=O)COI. The molecule has 0 aliphatic rings. The highest BCUT2D eigenvalue weighted by Gasteiger charge is 2.00. The minimum atomic E-state index is -0.0144. The maximum Gasteiger partial charge on any atom is 0.249 e. The molecule has 3 nitrogen and oxygen atoms in total. The molecule has 8 heavy (non-hydrogen) atoms. The van der Waals surface area contributed by atoms with Gasteiger partial charge in [0.15, 0.2) is 0 Å². The molecule has 4 heteroatoms. The van der Waals surface area contributed by atoms with E-state index < -0.39 is 0 Å². The van der Waals surface area contributed by atoms with E-state index >= 15 is 0 Å². The fraction of sp³-hybridized carbons (Fsp3) is 0.750. The van der Waals surface area contributed by atoms with Crippen molar-refractivity contribution in [1.29, 1.82) is 0 Å². The molecule has 0 spiro atoms. The molecule has 0 aromatic heterocycles. The van der Waals surface area contributed by atoms with Gasteiger partial charge in [0.05, 0.1) is 0 Å². The van der Waals surface area contributed by atoms with Crippen molar-refractivity contribution in [3.05, 3.63) is 0 Å². The zero-order valence-electron chi connectivity index (χ0n) is 4.85. The summed E-state index contributed by atoms with van der Waals surface area (Å²) < 4.78 is 4.54. The molecule has 0 radical (unpaired) electrons. The van der Waals surface area contributed by atoms with Gasteiger partial charge in [-0.1, -0.05) is 0 Å². The van der Waals surface area contributed by atoms with Crippen LogP contribution in [0.4, 0.5) is 0 Å². The summed E-state index contributed by atoms with van der Waals surface area (Å²) in [5.41, 5.74) is 0. The van der Waals surface area contributed by atoms with Crippen LogP contribution in [-0.4, -0.2) is 31.5 Å². The van der Waals surface area contributed by atoms with E-state index in [1.54, 1.807) is 37.1 Å². The minimum absolute atomic E-state index is 0.0144. The minimum Gasteiger partial charge on any atom is -0.347 e. The molecular weight excluding hydrogens is 221 g/mol. The van der Waals surface area contributed by atoms with Crippen LogP contribution in [0.3, 0.4) is 0 Å². The molecule has 1 amide bonds. The number of carbonyl (C=O) groups excluding carboxylic acids is 1. The van der Waals surface area contributed by atoms with Gasteiger partial charge in [-0.2, -0.15) is 0 Å². The van der Waals surface area contributed by atoms with E-state index in [9.17, 15) is 4.79 Å². The molecule has 0 aliphatic heterocycles. The fourth-order valence-corrected chi connectivity index (χ4v) is 0.442. The maximum absolute atomic E-state index is 10.5. The molecule has 0 saturated carbocycles. The van der Waals surface area contributed by atoms with Crippen LogP contribution in [0.2, 0.25) is 0 Å². The van der Waals surface area contributed by atoms with Crippen LogP contribution in [0, 0.1) is 0 Å². The van der Waals surface area contributed by atoms with Gasteiger partial charge in [-0.3, -0.25) is 4.79 Å². The first-order chi connectivity index (χ1) is 3.68. The summed E-state index contributed by atoms with van der Waals surface area (Å²) >= 11 is 1.69. The van der Waals surface area contributed by atoms with Gasteiger partial charge in [-0.05, 0) is 0 Å². The van der Waals surface area contributed by atoms with Crippen LogP contribution in [0.5, 0.6) is 0 Å². The van der Waals surface area contributed by atoms with Gasteiger partial charge in [-0.25, -0.2) is 0 Å². The van der Waals surface area contributed by atoms with Gasteiger partial charge in [-0.15, -0.1) is 0 Å². The van der Waals surface area contributed by atoms with Crippen LogP contribution in [0.15, 0.2) is 0 Å². The standard InChI is InChI=1S/C4H8INO2/c1-6(2)4(7)3-8-5/h3H2,1-2H3. The lowest BCUT2D eigenvalue weighted by Crippen LogP contribution is -2.24. The summed E-state index contributed by atoms with van der Waals surface area (Å²) in [7, 11) is 3.38. The summed E-state index contributed by atoms with van der Waals surface area (Å²) in [4.78, 5) is 12.0. The Hall–Kier alpha value is 0.160. The Morgan fingerprint density at radius 2 is 2.25 bits per heavy atom. The molecule has 0 atom stereocenters. The predicted molar refractivity (Wildman–Crippen MR) is 38.7 cm³/mol. The van der Waals surface area contributed by atoms with Gasteiger partial charge in [0.25, 0.3) is 0 Å². The average Bonchev–Trinajstić information content (AvgIpc) is 1.67. The number of hydrogen-bond donors (Lipinski definition) is 0. The molecule has 48 valence electrons. The summed E-state index contributed by atoms with van der Waals surface area (Å²) in [5.74, 6) is -0.0144. The second-order valence-electron chi connectivity index (χ2n) is 1.54. The first-order valence-corrected chi connectivity index (χ1v) is 3.00. The number of hydrogen-bond acceptors (Lipinski definition) is 2. The van der Waals surface area contributed by atoms with Crippen molar-refractivity contribution in [2.24, 2.45) is 0 Å². The molecule has 0 saturated heterocycles. The van der Waals surface area contributed by atoms with Crippen molar-refractivity contribution in [2.45, 2.75) is 0 Å². The number of nitrogens with zero attached hydrogens (tertiary/aromatic N) is 1. The highest BCUT2D eigenvalue weighted by molar-refractivity contribution is 14.1.